The third-order valence-corrected chi connectivity index (χ3v) is 5.20. The van der Waals surface area contributed by atoms with Crippen LogP contribution in [-0.2, 0) is 16.1 Å². The van der Waals surface area contributed by atoms with Crippen molar-refractivity contribution in [2.24, 2.45) is 5.92 Å². The van der Waals surface area contributed by atoms with Gasteiger partial charge < -0.3 is 9.64 Å². The number of esters is 1. The summed E-state index contributed by atoms with van der Waals surface area (Å²) >= 11 is 6.54. The molecule has 1 aliphatic rings. The van der Waals surface area contributed by atoms with Gasteiger partial charge in [-0.05, 0) is 45.1 Å². The Labute approximate surface area is 170 Å². The molecule has 1 fully saturated rings. The van der Waals surface area contributed by atoms with Gasteiger partial charge in [0.2, 0.25) is 0 Å². The van der Waals surface area contributed by atoms with Crippen molar-refractivity contribution >= 4 is 23.5 Å². The number of amides is 1. The molecule has 6 nitrogen and oxygen atoms in total. The zero-order valence-corrected chi connectivity index (χ0v) is 17.3. The van der Waals surface area contributed by atoms with Crippen LogP contribution in [0.1, 0.15) is 46.9 Å². The van der Waals surface area contributed by atoms with E-state index in [-0.39, 0.29) is 12.5 Å². The van der Waals surface area contributed by atoms with Gasteiger partial charge in [0.1, 0.15) is 11.7 Å². The Hall–Kier alpha value is -2.34. The first-order chi connectivity index (χ1) is 13.4. The Bertz CT molecular complexity index is 857. The lowest BCUT2D eigenvalue weighted by Gasteiger charge is -2.21. The number of aryl methyl sites for hydroxylation is 2. The molecule has 0 radical (unpaired) electrons. The van der Waals surface area contributed by atoms with E-state index in [1.165, 1.54) is 5.56 Å². The molecule has 0 N–H and O–H groups in total. The van der Waals surface area contributed by atoms with E-state index in [1.807, 2.05) is 31.2 Å². The SMILES string of the molecule is CCOC(=O)CN(CC1CC1)C(=O)c1c(C)nn(Cc2ccc(C)cc2)c1Cl. The number of hydrogen-bond acceptors (Lipinski definition) is 4. The predicted octanol–water partition coefficient (Wildman–Crippen LogP) is 3.62. The Morgan fingerprint density at radius 2 is 1.93 bits per heavy atom. The quantitative estimate of drug-likeness (QED) is 0.631. The molecule has 3 rings (SSSR count). The molecule has 0 saturated heterocycles. The Balaban J connectivity index is 1.81. The van der Waals surface area contributed by atoms with Crippen molar-refractivity contribution in [1.29, 1.82) is 0 Å². The van der Waals surface area contributed by atoms with E-state index < -0.39 is 5.97 Å². The van der Waals surface area contributed by atoms with Gasteiger partial charge in [-0.2, -0.15) is 5.10 Å². The highest BCUT2D eigenvalue weighted by Crippen LogP contribution is 2.31. The lowest BCUT2D eigenvalue weighted by molar-refractivity contribution is -0.143. The van der Waals surface area contributed by atoms with E-state index >= 15 is 0 Å². The zero-order chi connectivity index (χ0) is 20.3. The van der Waals surface area contributed by atoms with Gasteiger partial charge in [-0.15, -0.1) is 0 Å². The summed E-state index contributed by atoms with van der Waals surface area (Å²) in [6, 6.07) is 8.10. The minimum atomic E-state index is -0.405. The van der Waals surface area contributed by atoms with Crippen molar-refractivity contribution in [3.63, 3.8) is 0 Å². The molecule has 0 aliphatic heterocycles. The van der Waals surface area contributed by atoms with Crippen molar-refractivity contribution in [3.05, 3.63) is 51.8 Å². The Morgan fingerprint density at radius 1 is 1.25 bits per heavy atom. The van der Waals surface area contributed by atoms with E-state index in [9.17, 15) is 9.59 Å². The average Bonchev–Trinajstić information content (AvgIpc) is 3.42. The number of carbonyl (C=O) groups is 2. The highest BCUT2D eigenvalue weighted by molar-refractivity contribution is 6.33. The van der Waals surface area contributed by atoms with Gasteiger partial charge in [0.15, 0.2) is 0 Å². The standard InChI is InChI=1S/C21H26ClN3O3/c1-4-28-18(26)13-24(11-16-9-10-16)21(27)19-15(3)23-25(20(19)22)12-17-7-5-14(2)6-8-17/h5-8,16H,4,9-13H2,1-3H3. The van der Waals surface area contributed by atoms with E-state index in [0.29, 0.717) is 42.0 Å². The van der Waals surface area contributed by atoms with Gasteiger partial charge in [-0.25, -0.2) is 4.68 Å². The summed E-state index contributed by atoms with van der Waals surface area (Å²) in [5.74, 6) is -0.227. The number of aromatic nitrogens is 2. The molecule has 1 saturated carbocycles. The van der Waals surface area contributed by atoms with Crippen LogP contribution in [0.3, 0.4) is 0 Å². The Kier molecular flexibility index (Phi) is 6.39. The molecule has 0 unspecified atom stereocenters. The maximum Gasteiger partial charge on any atom is 0.325 e. The molecular formula is C21H26ClN3O3. The van der Waals surface area contributed by atoms with E-state index in [1.54, 1.807) is 23.4 Å². The fourth-order valence-electron chi connectivity index (χ4n) is 3.12. The van der Waals surface area contributed by atoms with Crippen molar-refractivity contribution in [1.82, 2.24) is 14.7 Å². The summed E-state index contributed by atoms with van der Waals surface area (Å²) < 4.78 is 6.66. The number of halogens is 1. The predicted molar refractivity (Wildman–Crippen MR) is 108 cm³/mol. The van der Waals surface area contributed by atoms with Gasteiger partial charge in [0.05, 0.1) is 24.4 Å². The van der Waals surface area contributed by atoms with E-state index in [4.69, 9.17) is 16.3 Å². The molecular weight excluding hydrogens is 378 g/mol. The lowest BCUT2D eigenvalue weighted by atomic mass is 10.1. The molecule has 28 heavy (non-hydrogen) atoms. The maximum absolute atomic E-state index is 13.2. The summed E-state index contributed by atoms with van der Waals surface area (Å²) in [5, 5.41) is 4.76. The molecule has 0 bridgehead atoms. The summed E-state index contributed by atoms with van der Waals surface area (Å²) in [6.07, 6.45) is 2.15. The maximum atomic E-state index is 13.2. The van der Waals surface area contributed by atoms with Crippen LogP contribution in [0.2, 0.25) is 5.15 Å². The molecule has 1 amide bonds. The first kappa shape index (κ1) is 20.4. The first-order valence-corrected chi connectivity index (χ1v) is 10.00. The first-order valence-electron chi connectivity index (χ1n) is 9.62. The second-order valence-corrected chi connectivity index (χ2v) is 7.69. The molecule has 0 spiro atoms. The van der Waals surface area contributed by atoms with Gasteiger partial charge in [0, 0.05) is 6.54 Å². The highest BCUT2D eigenvalue weighted by Gasteiger charge is 2.32. The van der Waals surface area contributed by atoms with Crippen molar-refractivity contribution in [2.45, 2.75) is 40.2 Å². The normalized spacial score (nSPS) is 13.4. The minimum Gasteiger partial charge on any atom is -0.465 e. The van der Waals surface area contributed by atoms with Gasteiger partial charge in [-0.1, -0.05) is 41.4 Å². The highest BCUT2D eigenvalue weighted by atomic mass is 35.5. The second kappa shape index (κ2) is 8.78. The van der Waals surface area contributed by atoms with Crippen LogP contribution in [-0.4, -0.2) is 46.3 Å². The van der Waals surface area contributed by atoms with Gasteiger partial charge in [0.25, 0.3) is 5.91 Å². The number of hydrogen-bond donors (Lipinski definition) is 0. The average molecular weight is 404 g/mol. The van der Waals surface area contributed by atoms with Crippen LogP contribution in [0.15, 0.2) is 24.3 Å². The third kappa shape index (κ3) is 4.93. The largest absolute Gasteiger partial charge is 0.465 e. The summed E-state index contributed by atoms with van der Waals surface area (Å²) in [6.45, 7) is 6.79. The van der Waals surface area contributed by atoms with Crippen LogP contribution in [0.4, 0.5) is 0 Å². The number of rotatable bonds is 8. The smallest absolute Gasteiger partial charge is 0.325 e. The third-order valence-electron chi connectivity index (χ3n) is 4.82. The van der Waals surface area contributed by atoms with Gasteiger partial charge in [-0.3, -0.25) is 9.59 Å². The molecule has 1 aromatic heterocycles. The molecule has 150 valence electrons. The van der Waals surface area contributed by atoms with Crippen molar-refractivity contribution in [3.8, 4) is 0 Å². The zero-order valence-electron chi connectivity index (χ0n) is 16.6. The van der Waals surface area contributed by atoms with Crippen molar-refractivity contribution < 1.29 is 14.3 Å². The number of ether oxygens (including phenoxy) is 1. The van der Waals surface area contributed by atoms with Crippen LogP contribution < -0.4 is 0 Å². The molecule has 2 aromatic rings. The summed E-state index contributed by atoms with van der Waals surface area (Å²) in [7, 11) is 0. The number of nitrogens with zero attached hydrogens (tertiary/aromatic N) is 3. The molecule has 7 heteroatoms. The topological polar surface area (TPSA) is 64.4 Å². The van der Waals surface area contributed by atoms with Crippen molar-refractivity contribution in [2.75, 3.05) is 19.7 Å². The van der Waals surface area contributed by atoms with Gasteiger partial charge >= 0.3 is 5.97 Å². The van der Waals surface area contributed by atoms with E-state index in [2.05, 4.69) is 5.10 Å². The van der Waals surface area contributed by atoms with Crippen LogP contribution in [0.25, 0.3) is 0 Å². The molecule has 1 aliphatic carbocycles. The fourth-order valence-corrected chi connectivity index (χ4v) is 3.43. The summed E-state index contributed by atoms with van der Waals surface area (Å²) in [4.78, 5) is 26.7. The number of benzene rings is 1. The van der Waals surface area contributed by atoms with E-state index in [0.717, 1.165) is 18.4 Å². The number of carbonyl (C=O) groups excluding carboxylic acids is 2. The minimum absolute atomic E-state index is 0.0674. The van der Waals surface area contributed by atoms with Crippen LogP contribution >= 0.6 is 11.6 Å². The fraction of sp³-hybridized carbons (Fsp3) is 0.476. The monoisotopic (exact) mass is 403 g/mol. The molecule has 0 atom stereocenters. The molecule has 1 aromatic carbocycles. The Morgan fingerprint density at radius 3 is 2.54 bits per heavy atom. The summed E-state index contributed by atoms with van der Waals surface area (Å²) in [5.41, 5.74) is 3.15. The molecule has 1 heterocycles. The lowest BCUT2D eigenvalue weighted by Crippen LogP contribution is -2.38. The van der Waals surface area contributed by atoms with Crippen LogP contribution in [0, 0.1) is 19.8 Å². The van der Waals surface area contributed by atoms with Crippen LogP contribution in [0.5, 0.6) is 0 Å². The second-order valence-electron chi connectivity index (χ2n) is 7.33.